The van der Waals surface area contributed by atoms with E-state index in [4.69, 9.17) is 12.2 Å². The van der Waals surface area contributed by atoms with E-state index in [1.54, 1.807) is 4.90 Å². The molecule has 0 aromatic heterocycles. The van der Waals surface area contributed by atoms with E-state index >= 15 is 0 Å². The molecule has 2 atom stereocenters. The van der Waals surface area contributed by atoms with Crippen LogP contribution in [-0.2, 0) is 0 Å². The molecule has 2 rings (SSSR count). The minimum absolute atomic E-state index is 0.277. The zero-order chi connectivity index (χ0) is 12.5. The third-order valence-corrected chi connectivity index (χ3v) is 3.86. The Morgan fingerprint density at radius 2 is 2.53 bits per heavy atom. The van der Waals surface area contributed by atoms with Crippen LogP contribution in [0.15, 0.2) is 4.99 Å². The van der Waals surface area contributed by atoms with Gasteiger partial charge in [0, 0.05) is 12.5 Å². The zero-order valence-electron chi connectivity index (χ0n) is 10.1. The van der Waals surface area contributed by atoms with E-state index in [1.165, 1.54) is 0 Å². The van der Waals surface area contributed by atoms with Gasteiger partial charge in [0.05, 0.1) is 6.54 Å². The van der Waals surface area contributed by atoms with Gasteiger partial charge in [-0.1, -0.05) is 12.8 Å². The van der Waals surface area contributed by atoms with Gasteiger partial charge in [-0.25, -0.2) is 4.79 Å². The van der Waals surface area contributed by atoms with Crippen LogP contribution in [0.2, 0.25) is 0 Å². The first-order chi connectivity index (χ1) is 8.16. The van der Waals surface area contributed by atoms with Crippen molar-refractivity contribution in [1.29, 1.82) is 0 Å². The number of aliphatic imine (C=N–C) groups is 1. The number of rotatable bonds is 2. The predicted molar refractivity (Wildman–Crippen MR) is 66.6 cm³/mol. The molecular formula is C12H18N4O. The van der Waals surface area contributed by atoms with Gasteiger partial charge < -0.3 is 11.1 Å². The third-order valence-electron chi connectivity index (χ3n) is 3.86. The van der Waals surface area contributed by atoms with Crippen LogP contribution in [0, 0.1) is 18.3 Å². The highest BCUT2D eigenvalue weighted by Gasteiger charge is 2.53. The number of carbonyl (C=O) groups excluding carboxylic acids is 1. The number of terminal acetylenes is 1. The van der Waals surface area contributed by atoms with Gasteiger partial charge in [0.2, 0.25) is 0 Å². The highest BCUT2D eigenvalue weighted by molar-refractivity contribution is 6.06. The number of carbonyl (C=O) groups is 1. The lowest BCUT2D eigenvalue weighted by Crippen LogP contribution is -2.64. The average Bonchev–Trinajstić information content (AvgIpc) is 2.55. The van der Waals surface area contributed by atoms with Crippen LogP contribution in [0.5, 0.6) is 0 Å². The smallest absolute Gasteiger partial charge is 0.346 e. The number of nitrogens with zero attached hydrogens (tertiary/aromatic N) is 2. The van der Waals surface area contributed by atoms with E-state index in [0.29, 0.717) is 5.84 Å². The maximum absolute atomic E-state index is 11.9. The first-order valence-corrected chi connectivity index (χ1v) is 5.97. The van der Waals surface area contributed by atoms with Gasteiger partial charge in [-0.3, -0.25) is 4.90 Å². The fourth-order valence-corrected chi connectivity index (χ4v) is 2.97. The van der Waals surface area contributed by atoms with E-state index < -0.39 is 5.54 Å². The van der Waals surface area contributed by atoms with Crippen LogP contribution in [-0.4, -0.2) is 41.9 Å². The first kappa shape index (κ1) is 11.9. The number of nitrogens with one attached hydrogen (secondary N) is 1. The maximum Gasteiger partial charge on any atom is 0.346 e. The molecule has 5 heteroatoms. The van der Waals surface area contributed by atoms with Crippen molar-refractivity contribution in [3.05, 3.63) is 0 Å². The fraction of sp³-hybridized carbons (Fsp3) is 0.667. The molecule has 0 aliphatic carbocycles. The third kappa shape index (κ3) is 1.60. The minimum atomic E-state index is -0.455. The molecule has 1 spiro atoms. The van der Waals surface area contributed by atoms with Crippen molar-refractivity contribution in [2.45, 2.75) is 25.3 Å². The average molecular weight is 234 g/mol. The lowest BCUT2D eigenvalue weighted by molar-refractivity contribution is 0.110. The van der Waals surface area contributed by atoms with Crippen molar-refractivity contribution >= 4 is 11.9 Å². The summed E-state index contributed by atoms with van der Waals surface area (Å²) in [6, 6.07) is -0.291. The van der Waals surface area contributed by atoms with Crippen molar-refractivity contribution in [2.24, 2.45) is 16.6 Å². The predicted octanol–water partition coefficient (Wildman–Crippen LogP) is 0.171. The summed E-state index contributed by atoms with van der Waals surface area (Å²) >= 11 is 0. The molecule has 2 aliphatic rings. The van der Waals surface area contributed by atoms with E-state index in [9.17, 15) is 4.79 Å². The summed E-state index contributed by atoms with van der Waals surface area (Å²) in [5.41, 5.74) is 5.56. The molecule has 2 unspecified atom stereocenters. The Morgan fingerprint density at radius 3 is 3.18 bits per heavy atom. The fourth-order valence-electron chi connectivity index (χ4n) is 2.97. The monoisotopic (exact) mass is 234 g/mol. The number of piperidine rings is 1. The highest BCUT2D eigenvalue weighted by atomic mass is 16.2. The van der Waals surface area contributed by atoms with Crippen molar-refractivity contribution < 1.29 is 4.79 Å². The second-order valence-electron chi connectivity index (χ2n) is 4.55. The molecule has 17 heavy (non-hydrogen) atoms. The molecule has 0 aromatic rings. The quantitative estimate of drug-likeness (QED) is 0.669. The van der Waals surface area contributed by atoms with Crippen molar-refractivity contribution in [1.82, 2.24) is 10.2 Å². The first-order valence-electron chi connectivity index (χ1n) is 5.97. The Kier molecular flexibility index (Phi) is 3.07. The summed E-state index contributed by atoms with van der Waals surface area (Å²) < 4.78 is 0. The van der Waals surface area contributed by atoms with Crippen LogP contribution in [0.4, 0.5) is 4.79 Å². The number of hydrogen-bond acceptors (Lipinski definition) is 3. The summed E-state index contributed by atoms with van der Waals surface area (Å²) in [7, 11) is 0. The molecule has 2 amide bonds. The van der Waals surface area contributed by atoms with Crippen LogP contribution < -0.4 is 11.1 Å². The minimum Gasteiger partial charge on any atom is -0.385 e. The topological polar surface area (TPSA) is 70.7 Å². The molecule has 1 saturated heterocycles. The van der Waals surface area contributed by atoms with Gasteiger partial charge in [0.25, 0.3) is 0 Å². The van der Waals surface area contributed by atoms with E-state index in [1.807, 2.05) is 0 Å². The molecule has 1 fully saturated rings. The molecule has 2 heterocycles. The summed E-state index contributed by atoms with van der Waals surface area (Å²) in [5.74, 6) is 3.25. The molecule has 0 bridgehead atoms. The highest BCUT2D eigenvalue weighted by Crippen LogP contribution is 2.37. The van der Waals surface area contributed by atoms with Gasteiger partial charge in [-0.2, -0.15) is 4.99 Å². The summed E-state index contributed by atoms with van der Waals surface area (Å²) in [5, 5.41) is 3.33. The number of urea groups is 1. The van der Waals surface area contributed by atoms with Crippen LogP contribution in [0.1, 0.15) is 19.8 Å². The molecule has 0 aromatic carbocycles. The molecule has 2 aliphatic heterocycles. The van der Waals surface area contributed by atoms with Gasteiger partial charge in [0.15, 0.2) is 0 Å². The van der Waals surface area contributed by atoms with Gasteiger partial charge >= 0.3 is 6.03 Å². The van der Waals surface area contributed by atoms with E-state index in [2.05, 4.69) is 23.2 Å². The molecule has 92 valence electrons. The lowest BCUT2D eigenvalue weighted by Gasteiger charge is -2.46. The van der Waals surface area contributed by atoms with E-state index in [-0.39, 0.29) is 18.5 Å². The Balaban J connectivity index is 2.40. The van der Waals surface area contributed by atoms with E-state index in [0.717, 1.165) is 25.9 Å². The number of nitrogens with two attached hydrogens (primary N) is 1. The SMILES string of the molecule is C#CCN1C(=O)N=C(N)C12CCNCC2CC. The van der Waals surface area contributed by atoms with Crippen LogP contribution in [0.25, 0.3) is 0 Å². The van der Waals surface area contributed by atoms with Gasteiger partial charge in [0.1, 0.15) is 11.4 Å². The standard InChI is InChI=1S/C12H18N4O/c1-3-7-16-11(17)15-10(13)12(16)5-6-14-8-9(12)4-2/h1,9,14H,4-8H2,2H3,(H2,13,15,17). The normalized spacial score (nSPS) is 32.7. The second-order valence-corrected chi connectivity index (χ2v) is 4.55. The summed E-state index contributed by atoms with van der Waals surface area (Å²) in [6.07, 6.45) is 7.07. The van der Waals surface area contributed by atoms with Crippen LogP contribution in [0.3, 0.4) is 0 Å². The Labute approximate surface area is 101 Å². The Morgan fingerprint density at radius 1 is 1.76 bits per heavy atom. The maximum atomic E-state index is 11.9. The number of amides is 2. The molecular weight excluding hydrogens is 216 g/mol. The zero-order valence-corrected chi connectivity index (χ0v) is 10.1. The lowest BCUT2D eigenvalue weighted by atomic mass is 9.75. The molecule has 0 saturated carbocycles. The molecule has 0 radical (unpaired) electrons. The van der Waals surface area contributed by atoms with Crippen molar-refractivity contribution in [3.63, 3.8) is 0 Å². The van der Waals surface area contributed by atoms with Crippen LogP contribution >= 0.6 is 0 Å². The van der Waals surface area contributed by atoms with Crippen molar-refractivity contribution in [2.75, 3.05) is 19.6 Å². The Bertz CT molecular complexity index is 398. The molecule has 5 nitrogen and oxygen atoms in total. The Hall–Kier alpha value is -1.54. The van der Waals surface area contributed by atoms with Gasteiger partial charge in [-0.15, -0.1) is 6.42 Å². The van der Waals surface area contributed by atoms with Crippen molar-refractivity contribution in [3.8, 4) is 12.3 Å². The summed E-state index contributed by atoms with van der Waals surface area (Å²) in [4.78, 5) is 17.4. The summed E-state index contributed by atoms with van der Waals surface area (Å²) in [6.45, 7) is 4.06. The van der Waals surface area contributed by atoms with Gasteiger partial charge in [-0.05, 0) is 19.4 Å². The number of hydrogen-bond donors (Lipinski definition) is 2. The molecule has 3 N–H and O–H groups in total. The largest absolute Gasteiger partial charge is 0.385 e. The second kappa shape index (κ2) is 4.38. The number of amidine groups is 1.